The molecule has 0 saturated heterocycles. The summed E-state index contributed by atoms with van der Waals surface area (Å²) in [4.78, 5) is 10.1. The molecule has 1 nitrogen and oxygen atoms in total. The largest absolute Gasteiger partial charge is 0.303 e. The van der Waals surface area contributed by atoms with E-state index >= 15 is 0 Å². The number of hydrogen-bond acceptors (Lipinski definition) is 1. The summed E-state index contributed by atoms with van der Waals surface area (Å²) in [6, 6.07) is 0. The number of rotatable bonds is 2. The molecule has 0 aromatic carbocycles. The number of carbonyl (C=O) groups is 1. The van der Waals surface area contributed by atoms with Crippen molar-refractivity contribution >= 4 is 6.29 Å². The maximum Gasteiger partial charge on any atom is 0.124 e. The Morgan fingerprint density at radius 1 is 1.40 bits per heavy atom. The van der Waals surface area contributed by atoms with Crippen LogP contribution in [-0.2, 0) is 4.79 Å². The first-order chi connectivity index (χ1) is 4.45. The second-order valence-electron chi connectivity index (χ2n) is 3.73. The molecular formula is C9H16O. The minimum absolute atomic E-state index is 0.201. The molecule has 0 fully saturated rings. The van der Waals surface area contributed by atoms with Crippen LogP contribution in [0.5, 0.6) is 0 Å². The third-order valence-corrected chi connectivity index (χ3v) is 1.08. The van der Waals surface area contributed by atoms with Crippen LogP contribution < -0.4 is 0 Å². The van der Waals surface area contributed by atoms with Gasteiger partial charge in [0.05, 0.1) is 0 Å². The third kappa shape index (κ3) is 5.54. The third-order valence-electron chi connectivity index (χ3n) is 1.08. The fourth-order valence-electron chi connectivity index (χ4n) is 0.930. The van der Waals surface area contributed by atoms with Gasteiger partial charge in [0, 0.05) is 6.42 Å². The molecule has 0 heterocycles. The molecule has 0 aliphatic carbocycles. The molecule has 1 heteroatoms. The van der Waals surface area contributed by atoms with Crippen molar-refractivity contribution in [3.8, 4) is 0 Å². The van der Waals surface area contributed by atoms with Crippen LogP contribution in [-0.4, -0.2) is 6.29 Å². The van der Waals surface area contributed by atoms with Crippen LogP contribution in [0.2, 0.25) is 0 Å². The summed E-state index contributed by atoms with van der Waals surface area (Å²) < 4.78 is 0. The van der Waals surface area contributed by atoms with Crippen molar-refractivity contribution in [2.75, 3.05) is 0 Å². The minimum atomic E-state index is 0.201. The van der Waals surface area contributed by atoms with Gasteiger partial charge in [0.2, 0.25) is 0 Å². The van der Waals surface area contributed by atoms with E-state index in [1.165, 1.54) is 0 Å². The number of allylic oxidation sites excluding steroid dienone is 2. The lowest BCUT2D eigenvalue weighted by molar-refractivity contribution is -0.107. The zero-order chi connectivity index (χ0) is 8.20. The van der Waals surface area contributed by atoms with Crippen molar-refractivity contribution in [1.82, 2.24) is 0 Å². The standard InChI is InChI=1S/C9H16O/c1-8(5-6-10)7-9(2,3)4/h6-7H,5H2,1-4H3. The summed E-state index contributed by atoms with van der Waals surface area (Å²) in [6.07, 6.45) is 3.64. The molecule has 0 unspecified atom stereocenters. The van der Waals surface area contributed by atoms with E-state index in [0.717, 1.165) is 11.9 Å². The van der Waals surface area contributed by atoms with Crippen molar-refractivity contribution in [2.45, 2.75) is 34.1 Å². The highest BCUT2D eigenvalue weighted by Gasteiger charge is 2.05. The molecule has 58 valence electrons. The van der Waals surface area contributed by atoms with E-state index in [0.29, 0.717) is 6.42 Å². The Morgan fingerprint density at radius 3 is 2.20 bits per heavy atom. The van der Waals surface area contributed by atoms with Crippen LogP contribution in [0.15, 0.2) is 11.6 Å². The highest BCUT2D eigenvalue weighted by molar-refractivity contribution is 5.53. The van der Waals surface area contributed by atoms with Crippen molar-refractivity contribution in [3.05, 3.63) is 11.6 Å². The number of aldehydes is 1. The minimum Gasteiger partial charge on any atom is -0.303 e. The van der Waals surface area contributed by atoms with E-state index in [9.17, 15) is 4.79 Å². The molecule has 0 aliphatic rings. The molecule has 0 aliphatic heterocycles. The van der Waals surface area contributed by atoms with E-state index in [1.54, 1.807) is 0 Å². The van der Waals surface area contributed by atoms with Gasteiger partial charge >= 0.3 is 0 Å². The molecule has 0 saturated carbocycles. The lowest BCUT2D eigenvalue weighted by Gasteiger charge is -2.12. The normalized spacial score (nSPS) is 13.4. The SMILES string of the molecule is CC(=CC(C)(C)C)CC=O. The molecule has 0 atom stereocenters. The molecule has 0 rings (SSSR count). The van der Waals surface area contributed by atoms with Crippen LogP contribution >= 0.6 is 0 Å². The van der Waals surface area contributed by atoms with E-state index in [2.05, 4.69) is 26.8 Å². The Hall–Kier alpha value is -0.590. The summed E-state index contributed by atoms with van der Waals surface area (Å²) in [5.41, 5.74) is 1.36. The average Bonchev–Trinajstić information content (AvgIpc) is 1.59. The first kappa shape index (κ1) is 9.41. The molecular weight excluding hydrogens is 124 g/mol. The number of carbonyl (C=O) groups excluding carboxylic acids is 1. The average molecular weight is 140 g/mol. The van der Waals surface area contributed by atoms with Gasteiger partial charge in [-0.05, 0) is 12.3 Å². The second-order valence-corrected chi connectivity index (χ2v) is 3.73. The van der Waals surface area contributed by atoms with E-state index < -0.39 is 0 Å². The molecule has 0 aromatic rings. The van der Waals surface area contributed by atoms with Gasteiger partial charge < -0.3 is 4.79 Å². The second kappa shape index (κ2) is 3.55. The predicted molar refractivity (Wildman–Crippen MR) is 43.9 cm³/mol. The molecule has 0 spiro atoms. The first-order valence-corrected chi connectivity index (χ1v) is 3.57. The van der Waals surface area contributed by atoms with E-state index in [4.69, 9.17) is 0 Å². The van der Waals surface area contributed by atoms with Crippen molar-refractivity contribution in [2.24, 2.45) is 5.41 Å². The highest BCUT2D eigenvalue weighted by atomic mass is 16.1. The van der Waals surface area contributed by atoms with Gasteiger partial charge in [0.1, 0.15) is 6.29 Å². The van der Waals surface area contributed by atoms with Crippen molar-refractivity contribution in [3.63, 3.8) is 0 Å². The Labute approximate surface area is 63.1 Å². The molecule has 0 bridgehead atoms. The zero-order valence-electron chi connectivity index (χ0n) is 7.27. The molecule has 0 amide bonds. The van der Waals surface area contributed by atoms with E-state index in [1.807, 2.05) is 6.92 Å². The topological polar surface area (TPSA) is 17.1 Å². The Kier molecular flexibility index (Phi) is 3.34. The Balaban J connectivity index is 4.02. The van der Waals surface area contributed by atoms with Crippen molar-refractivity contribution in [1.29, 1.82) is 0 Å². The van der Waals surface area contributed by atoms with Gasteiger partial charge in [-0.2, -0.15) is 0 Å². The summed E-state index contributed by atoms with van der Waals surface area (Å²) in [5, 5.41) is 0. The monoisotopic (exact) mass is 140 g/mol. The fourth-order valence-corrected chi connectivity index (χ4v) is 0.930. The van der Waals surface area contributed by atoms with Crippen LogP contribution in [0.1, 0.15) is 34.1 Å². The number of hydrogen-bond donors (Lipinski definition) is 0. The molecule has 0 aromatic heterocycles. The fraction of sp³-hybridized carbons (Fsp3) is 0.667. The Morgan fingerprint density at radius 2 is 1.90 bits per heavy atom. The zero-order valence-corrected chi connectivity index (χ0v) is 7.27. The summed E-state index contributed by atoms with van der Waals surface area (Å²) in [6.45, 7) is 8.36. The first-order valence-electron chi connectivity index (χ1n) is 3.57. The van der Waals surface area contributed by atoms with Crippen LogP contribution in [0.25, 0.3) is 0 Å². The highest BCUT2D eigenvalue weighted by Crippen LogP contribution is 2.17. The summed E-state index contributed by atoms with van der Waals surface area (Å²) in [7, 11) is 0. The molecule has 10 heavy (non-hydrogen) atoms. The van der Waals surface area contributed by atoms with E-state index in [-0.39, 0.29) is 5.41 Å². The maximum atomic E-state index is 10.1. The lowest BCUT2D eigenvalue weighted by atomic mass is 9.93. The smallest absolute Gasteiger partial charge is 0.124 e. The van der Waals surface area contributed by atoms with Crippen LogP contribution in [0, 0.1) is 5.41 Å². The van der Waals surface area contributed by atoms with Gasteiger partial charge in [-0.25, -0.2) is 0 Å². The van der Waals surface area contributed by atoms with Crippen molar-refractivity contribution < 1.29 is 4.79 Å². The van der Waals surface area contributed by atoms with Gasteiger partial charge in [-0.15, -0.1) is 0 Å². The molecule has 0 N–H and O–H groups in total. The molecule has 0 radical (unpaired) electrons. The van der Waals surface area contributed by atoms with Crippen LogP contribution in [0.3, 0.4) is 0 Å². The lowest BCUT2D eigenvalue weighted by Crippen LogP contribution is -2.00. The maximum absolute atomic E-state index is 10.1. The van der Waals surface area contributed by atoms with Gasteiger partial charge in [-0.3, -0.25) is 0 Å². The summed E-state index contributed by atoms with van der Waals surface area (Å²) >= 11 is 0. The van der Waals surface area contributed by atoms with Gasteiger partial charge in [0.25, 0.3) is 0 Å². The quantitative estimate of drug-likeness (QED) is 0.425. The summed E-state index contributed by atoms with van der Waals surface area (Å²) in [5.74, 6) is 0. The Bertz CT molecular complexity index is 137. The van der Waals surface area contributed by atoms with Crippen LogP contribution in [0.4, 0.5) is 0 Å². The predicted octanol–water partition coefficient (Wildman–Crippen LogP) is 2.57. The van der Waals surface area contributed by atoms with Gasteiger partial charge in [0.15, 0.2) is 0 Å². The van der Waals surface area contributed by atoms with Gasteiger partial charge in [-0.1, -0.05) is 32.4 Å².